The second kappa shape index (κ2) is 7.98. The molecule has 3 aromatic rings. The van der Waals surface area contributed by atoms with Crippen molar-refractivity contribution in [1.29, 1.82) is 0 Å². The molecule has 7 nitrogen and oxygen atoms in total. The van der Waals surface area contributed by atoms with Crippen molar-refractivity contribution < 1.29 is 13.2 Å². The fourth-order valence-corrected chi connectivity index (χ4v) is 4.77. The van der Waals surface area contributed by atoms with Crippen LogP contribution in [0.1, 0.15) is 10.4 Å². The van der Waals surface area contributed by atoms with E-state index >= 15 is 0 Å². The van der Waals surface area contributed by atoms with E-state index < -0.39 is 10.0 Å². The highest BCUT2D eigenvalue weighted by molar-refractivity contribution is 7.89. The Hall–Kier alpha value is -2.68. The quantitative estimate of drug-likeness (QED) is 0.637. The van der Waals surface area contributed by atoms with Gasteiger partial charge in [0.05, 0.1) is 22.3 Å². The van der Waals surface area contributed by atoms with Gasteiger partial charge >= 0.3 is 0 Å². The number of hydrogen-bond donors (Lipinski definition) is 0. The Morgan fingerprint density at radius 3 is 2.24 bits per heavy atom. The summed E-state index contributed by atoms with van der Waals surface area (Å²) in [5.74, 6) is -0.157. The fourth-order valence-electron chi connectivity index (χ4n) is 3.22. The number of aromatic nitrogens is 2. The minimum Gasteiger partial charge on any atom is -0.336 e. The van der Waals surface area contributed by atoms with Gasteiger partial charge in [0, 0.05) is 37.4 Å². The van der Waals surface area contributed by atoms with Crippen molar-refractivity contribution in [2.45, 2.75) is 4.90 Å². The maximum atomic E-state index is 12.8. The van der Waals surface area contributed by atoms with Gasteiger partial charge in [-0.25, -0.2) is 13.1 Å². The predicted molar refractivity (Wildman–Crippen MR) is 110 cm³/mol. The Kier molecular flexibility index (Phi) is 5.40. The number of para-hydroxylation sites is 1. The molecule has 0 bridgehead atoms. The number of amides is 1. The standard InChI is InChI=1S/C20H19ClN4O3S/c21-17-6-8-19(9-7-17)29(27,28)24-12-10-23(11-13-24)20(26)16-14-22-25(15-16)18-4-2-1-3-5-18/h1-9,14-15H,10-13H2. The van der Waals surface area contributed by atoms with Crippen molar-refractivity contribution in [3.05, 3.63) is 77.6 Å². The first kappa shape index (κ1) is 19.6. The fraction of sp³-hybridized carbons (Fsp3) is 0.200. The Morgan fingerprint density at radius 2 is 1.59 bits per heavy atom. The number of carbonyl (C=O) groups is 1. The lowest BCUT2D eigenvalue weighted by atomic mass is 10.2. The van der Waals surface area contributed by atoms with Crippen LogP contribution in [0, 0.1) is 0 Å². The summed E-state index contributed by atoms with van der Waals surface area (Å²) in [6, 6.07) is 15.6. The van der Waals surface area contributed by atoms with E-state index in [0.29, 0.717) is 23.7 Å². The summed E-state index contributed by atoms with van der Waals surface area (Å²) in [6.07, 6.45) is 3.22. The normalized spacial score (nSPS) is 15.4. The molecule has 2 heterocycles. The third-order valence-electron chi connectivity index (χ3n) is 4.83. The van der Waals surface area contributed by atoms with Gasteiger partial charge < -0.3 is 4.90 Å². The summed E-state index contributed by atoms with van der Waals surface area (Å²) < 4.78 is 28.6. The number of sulfonamides is 1. The Bertz CT molecular complexity index is 1110. The first-order valence-corrected chi connectivity index (χ1v) is 10.9. The molecule has 1 aliphatic rings. The van der Waals surface area contributed by atoms with Gasteiger partial charge in [-0.3, -0.25) is 4.79 Å². The number of halogens is 1. The molecule has 1 aliphatic heterocycles. The zero-order valence-corrected chi connectivity index (χ0v) is 17.1. The molecule has 1 fully saturated rings. The Morgan fingerprint density at radius 1 is 0.931 bits per heavy atom. The minimum atomic E-state index is -3.60. The van der Waals surface area contributed by atoms with Crippen molar-refractivity contribution in [2.75, 3.05) is 26.2 Å². The van der Waals surface area contributed by atoms with Gasteiger partial charge in [-0.15, -0.1) is 0 Å². The van der Waals surface area contributed by atoms with Crippen LogP contribution in [0.4, 0.5) is 0 Å². The average molecular weight is 431 g/mol. The SMILES string of the molecule is O=C(c1cnn(-c2ccccc2)c1)N1CCN(S(=O)(=O)c2ccc(Cl)cc2)CC1. The van der Waals surface area contributed by atoms with Crippen molar-refractivity contribution in [3.8, 4) is 5.69 Å². The second-order valence-electron chi connectivity index (χ2n) is 6.66. The first-order valence-electron chi connectivity index (χ1n) is 9.10. The highest BCUT2D eigenvalue weighted by Crippen LogP contribution is 2.20. The highest BCUT2D eigenvalue weighted by Gasteiger charge is 2.30. The average Bonchev–Trinajstić information content (AvgIpc) is 3.24. The molecular formula is C20H19ClN4O3S. The lowest BCUT2D eigenvalue weighted by molar-refractivity contribution is 0.0698. The molecule has 1 aromatic heterocycles. The summed E-state index contributed by atoms with van der Waals surface area (Å²) in [5.41, 5.74) is 1.34. The molecule has 0 spiro atoms. The van der Waals surface area contributed by atoms with Crippen LogP contribution in [0.25, 0.3) is 5.69 Å². The van der Waals surface area contributed by atoms with Crippen LogP contribution in [0.3, 0.4) is 0 Å². The summed E-state index contributed by atoms with van der Waals surface area (Å²) in [4.78, 5) is 14.7. The van der Waals surface area contributed by atoms with E-state index in [0.717, 1.165) is 5.69 Å². The predicted octanol–water partition coefficient (Wildman–Crippen LogP) is 2.67. The molecule has 0 unspecified atom stereocenters. The van der Waals surface area contributed by atoms with Crippen molar-refractivity contribution in [3.63, 3.8) is 0 Å². The van der Waals surface area contributed by atoms with E-state index in [9.17, 15) is 13.2 Å². The number of nitrogens with zero attached hydrogens (tertiary/aromatic N) is 4. The van der Waals surface area contributed by atoms with Crippen LogP contribution in [-0.2, 0) is 10.0 Å². The van der Waals surface area contributed by atoms with E-state index in [1.165, 1.54) is 22.6 Å². The van der Waals surface area contributed by atoms with Gasteiger partial charge in [0.25, 0.3) is 5.91 Å². The summed E-state index contributed by atoms with van der Waals surface area (Å²) in [5, 5.41) is 4.74. The molecular weight excluding hydrogens is 412 g/mol. The zero-order valence-electron chi connectivity index (χ0n) is 15.5. The Balaban J connectivity index is 1.42. The highest BCUT2D eigenvalue weighted by atomic mass is 35.5. The number of carbonyl (C=O) groups excluding carboxylic acids is 1. The monoisotopic (exact) mass is 430 g/mol. The molecule has 0 N–H and O–H groups in total. The van der Waals surface area contributed by atoms with Crippen LogP contribution in [0.2, 0.25) is 5.02 Å². The van der Waals surface area contributed by atoms with Gasteiger partial charge in [0.15, 0.2) is 0 Å². The van der Waals surface area contributed by atoms with E-state index in [1.807, 2.05) is 30.3 Å². The molecule has 4 rings (SSSR count). The molecule has 150 valence electrons. The summed E-state index contributed by atoms with van der Waals surface area (Å²) in [7, 11) is -3.60. The molecule has 1 amide bonds. The molecule has 2 aromatic carbocycles. The van der Waals surface area contributed by atoms with E-state index in [1.54, 1.807) is 27.9 Å². The van der Waals surface area contributed by atoms with Crippen molar-refractivity contribution in [1.82, 2.24) is 19.0 Å². The third kappa shape index (κ3) is 4.05. The van der Waals surface area contributed by atoms with Crippen LogP contribution >= 0.6 is 11.6 Å². The van der Waals surface area contributed by atoms with Gasteiger partial charge in [-0.05, 0) is 36.4 Å². The van der Waals surface area contributed by atoms with E-state index in [2.05, 4.69) is 5.10 Å². The topological polar surface area (TPSA) is 75.5 Å². The van der Waals surface area contributed by atoms with Crippen molar-refractivity contribution in [2.24, 2.45) is 0 Å². The van der Waals surface area contributed by atoms with Crippen molar-refractivity contribution >= 4 is 27.5 Å². The number of rotatable bonds is 4. The lowest BCUT2D eigenvalue weighted by Crippen LogP contribution is -2.50. The molecule has 0 radical (unpaired) electrons. The second-order valence-corrected chi connectivity index (χ2v) is 9.03. The molecule has 9 heteroatoms. The molecule has 0 aliphatic carbocycles. The van der Waals surface area contributed by atoms with Crippen LogP contribution < -0.4 is 0 Å². The van der Waals surface area contributed by atoms with Gasteiger partial charge in [-0.1, -0.05) is 29.8 Å². The smallest absolute Gasteiger partial charge is 0.257 e. The number of piperazine rings is 1. The maximum Gasteiger partial charge on any atom is 0.257 e. The molecule has 0 saturated carbocycles. The van der Waals surface area contributed by atoms with Gasteiger partial charge in [0.1, 0.15) is 0 Å². The van der Waals surface area contributed by atoms with Gasteiger partial charge in [-0.2, -0.15) is 9.40 Å². The largest absolute Gasteiger partial charge is 0.336 e. The molecule has 1 saturated heterocycles. The van der Waals surface area contributed by atoms with Crippen LogP contribution in [-0.4, -0.2) is 59.5 Å². The van der Waals surface area contributed by atoms with Crippen LogP contribution in [0.15, 0.2) is 71.9 Å². The summed E-state index contributed by atoms with van der Waals surface area (Å²) >= 11 is 5.84. The molecule has 0 atom stereocenters. The first-order chi connectivity index (χ1) is 13.9. The number of benzene rings is 2. The third-order valence-corrected chi connectivity index (χ3v) is 6.99. The minimum absolute atomic E-state index is 0.157. The lowest BCUT2D eigenvalue weighted by Gasteiger charge is -2.33. The zero-order chi connectivity index (χ0) is 20.4. The van der Waals surface area contributed by atoms with E-state index in [4.69, 9.17) is 11.6 Å². The summed E-state index contributed by atoms with van der Waals surface area (Å²) in [6.45, 7) is 1.12. The molecule has 29 heavy (non-hydrogen) atoms. The maximum absolute atomic E-state index is 12.8. The van der Waals surface area contributed by atoms with Gasteiger partial charge in [0.2, 0.25) is 10.0 Å². The van der Waals surface area contributed by atoms with Crippen LogP contribution in [0.5, 0.6) is 0 Å². The number of hydrogen-bond acceptors (Lipinski definition) is 4. The Labute approximate surface area is 174 Å². The van der Waals surface area contributed by atoms with E-state index in [-0.39, 0.29) is 23.9 Å².